The van der Waals surface area contributed by atoms with Crippen LogP contribution in [0.3, 0.4) is 0 Å². The van der Waals surface area contributed by atoms with Crippen molar-refractivity contribution in [2.45, 2.75) is 0 Å². The Labute approximate surface area is 121 Å². The minimum absolute atomic E-state index is 0.114. The fraction of sp³-hybridized carbons (Fsp3) is 0.0625. The van der Waals surface area contributed by atoms with Crippen LogP contribution in [0.2, 0.25) is 5.02 Å². The maximum absolute atomic E-state index is 13.5. The van der Waals surface area contributed by atoms with Gasteiger partial charge in [-0.25, -0.2) is 4.39 Å². The number of ketones is 1. The van der Waals surface area contributed by atoms with Gasteiger partial charge < -0.3 is 4.74 Å². The third-order valence-electron chi connectivity index (χ3n) is 2.73. The highest BCUT2D eigenvalue weighted by atomic mass is 35.5. The molecule has 0 unspecified atom stereocenters. The molecule has 2 aromatic rings. The summed E-state index contributed by atoms with van der Waals surface area (Å²) in [5.74, 6) is -0.719. The second kappa shape index (κ2) is 6.35. The van der Waals surface area contributed by atoms with E-state index in [1.807, 2.05) is 0 Å². The van der Waals surface area contributed by atoms with Gasteiger partial charge in [-0.3, -0.25) is 4.79 Å². The predicted octanol–water partition coefficient (Wildman–Crippen LogP) is 4.38. The van der Waals surface area contributed by atoms with Crippen LogP contribution in [0, 0.1) is 5.82 Å². The summed E-state index contributed by atoms with van der Waals surface area (Å²) in [4.78, 5) is 11.9. The molecule has 0 saturated heterocycles. The van der Waals surface area contributed by atoms with E-state index in [0.29, 0.717) is 5.02 Å². The fourth-order valence-corrected chi connectivity index (χ4v) is 1.79. The summed E-state index contributed by atoms with van der Waals surface area (Å²) >= 11 is 5.77. The van der Waals surface area contributed by atoms with Crippen molar-refractivity contribution in [1.29, 1.82) is 0 Å². The monoisotopic (exact) mass is 290 g/mol. The lowest BCUT2D eigenvalue weighted by molar-refractivity contribution is 0.104. The van der Waals surface area contributed by atoms with E-state index in [0.717, 1.165) is 11.6 Å². The van der Waals surface area contributed by atoms with E-state index in [4.69, 9.17) is 16.3 Å². The van der Waals surface area contributed by atoms with Gasteiger partial charge in [0.15, 0.2) is 17.3 Å². The van der Waals surface area contributed by atoms with Gasteiger partial charge in [-0.1, -0.05) is 29.8 Å². The Balaban J connectivity index is 2.15. The molecule has 2 nitrogen and oxygen atoms in total. The second-order valence-electron chi connectivity index (χ2n) is 4.10. The van der Waals surface area contributed by atoms with Gasteiger partial charge in [0.2, 0.25) is 0 Å². The molecule has 20 heavy (non-hydrogen) atoms. The highest BCUT2D eigenvalue weighted by molar-refractivity contribution is 6.30. The number of allylic oxidation sites excluding steroid dienone is 1. The Kier molecular flexibility index (Phi) is 4.53. The molecule has 0 heterocycles. The Morgan fingerprint density at radius 3 is 2.50 bits per heavy atom. The SMILES string of the molecule is COc1ccc(C(=O)C=Cc2ccc(Cl)cc2)cc1F. The van der Waals surface area contributed by atoms with Crippen molar-refractivity contribution in [2.24, 2.45) is 0 Å². The molecule has 2 rings (SSSR count). The van der Waals surface area contributed by atoms with Crippen LogP contribution >= 0.6 is 11.6 Å². The lowest BCUT2D eigenvalue weighted by atomic mass is 10.1. The number of halogens is 2. The fourth-order valence-electron chi connectivity index (χ4n) is 1.66. The topological polar surface area (TPSA) is 26.3 Å². The molecule has 4 heteroatoms. The van der Waals surface area contributed by atoms with E-state index >= 15 is 0 Å². The van der Waals surface area contributed by atoms with E-state index in [1.165, 1.54) is 25.3 Å². The van der Waals surface area contributed by atoms with Crippen molar-refractivity contribution in [3.05, 3.63) is 70.5 Å². The smallest absolute Gasteiger partial charge is 0.185 e. The Bertz CT molecular complexity index is 648. The molecule has 0 radical (unpaired) electrons. The highest BCUT2D eigenvalue weighted by Gasteiger charge is 2.07. The average molecular weight is 291 g/mol. The average Bonchev–Trinajstić information content (AvgIpc) is 2.46. The van der Waals surface area contributed by atoms with Crippen LogP contribution in [-0.2, 0) is 0 Å². The number of carbonyl (C=O) groups is 1. The van der Waals surface area contributed by atoms with Gasteiger partial charge in [0.05, 0.1) is 7.11 Å². The first-order valence-electron chi connectivity index (χ1n) is 5.91. The van der Waals surface area contributed by atoms with E-state index in [9.17, 15) is 9.18 Å². The van der Waals surface area contributed by atoms with Crippen LogP contribution < -0.4 is 4.74 Å². The zero-order valence-electron chi connectivity index (χ0n) is 10.8. The molecule has 2 aromatic carbocycles. The zero-order chi connectivity index (χ0) is 14.5. The first-order chi connectivity index (χ1) is 9.60. The number of hydrogen-bond acceptors (Lipinski definition) is 2. The number of benzene rings is 2. The largest absolute Gasteiger partial charge is 0.494 e. The molecule has 0 saturated carbocycles. The van der Waals surface area contributed by atoms with E-state index in [1.54, 1.807) is 30.3 Å². The van der Waals surface area contributed by atoms with Crippen molar-refractivity contribution in [2.75, 3.05) is 7.11 Å². The maximum Gasteiger partial charge on any atom is 0.185 e. The van der Waals surface area contributed by atoms with Gasteiger partial charge in [-0.15, -0.1) is 0 Å². The van der Waals surface area contributed by atoms with Crippen LogP contribution in [0.1, 0.15) is 15.9 Å². The molecule has 0 amide bonds. The lowest BCUT2D eigenvalue weighted by Crippen LogP contribution is -1.96. The van der Waals surface area contributed by atoms with Gasteiger partial charge in [-0.2, -0.15) is 0 Å². The molecule has 0 N–H and O–H groups in total. The van der Waals surface area contributed by atoms with E-state index in [2.05, 4.69) is 0 Å². The summed E-state index contributed by atoms with van der Waals surface area (Å²) in [6.45, 7) is 0. The Hall–Kier alpha value is -2.13. The van der Waals surface area contributed by atoms with Gasteiger partial charge in [0.1, 0.15) is 0 Å². The summed E-state index contributed by atoms with van der Waals surface area (Å²) < 4.78 is 18.3. The van der Waals surface area contributed by atoms with Crippen LogP contribution in [-0.4, -0.2) is 12.9 Å². The minimum atomic E-state index is -0.557. The summed E-state index contributed by atoms with van der Waals surface area (Å²) in [5.41, 5.74) is 1.12. The number of hydrogen-bond donors (Lipinski definition) is 0. The first kappa shape index (κ1) is 14.3. The highest BCUT2D eigenvalue weighted by Crippen LogP contribution is 2.18. The number of ether oxygens (including phenoxy) is 1. The molecule has 0 bridgehead atoms. The third-order valence-corrected chi connectivity index (χ3v) is 2.99. The molecular weight excluding hydrogens is 279 g/mol. The van der Waals surface area contributed by atoms with Gasteiger partial charge in [-0.05, 0) is 42.0 Å². The maximum atomic E-state index is 13.5. The summed E-state index contributed by atoms with van der Waals surface area (Å²) in [6.07, 6.45) is 3.05. The van der Waals surface area contributed by atoms with Crippen molar-refractivity contribution in [3.8, 4) is 5.75 Å². The van der Waals surface area contributed by atoms with Crippen LogP contribution in [0.25, 0.3) is 6.08 Å². The van der Waals surface area contributed by atoms with Gasteiger partial charge in [0.25, 0.3) is 0 Å². The summed E-state index contributed by atoms with van der Waals surface area (Å²) in [5, 5.41) is 0.630. The Morgan fingerprint density at radius 1 is 1.20 bits per heavy atom. The normalized spacial score (nSPS) is 10.8. The third kappa shape index (κ3) is 3.45. The molecule has 0 fully saturated rings. The van der Waals surface area contributed by atoms with Crippen molar-refractivity contribution >= 4 is 23.5 Å². The van der Waals surface area contributed by atoms with Crippen molar-refractivity contribution < 1.29 is 13.9 Å². The predicted molar refractivity (Wildman–Crippen MR) is 77.8 cm³/mol. The molecule has 0 aliphatic heterocycles. The quantitative estimate of drug-likeness (QED) is 0.617. The van der Waals surface area contributed by atoms with Crippen LogP contribution in [0.5, 0.6) is 5.75 Å². The van der Waals surface area contributed by atoms with Crippen molar-refractivity contribution in [3.63, 3.8) is 0 Å². The summed E-state index contributed by atoms with van der Waals surface area (Å²) in [6, 6.07) is 11.2. The minimum Gasteiger partial charge on any atom is -0.494 e. The second-order valence-corrected chi connectivity index (χ2v) is 4.53. The molecule has 102 valence electrons. The van der Waals surface area contributed by atoms with Crippen LogP contribution in [0.4, 0.5) is 4.39 Å². The molecule has 0 atom stereocenters. The molecular formula is C16H12ClFO2. The number of rotatable bonds is 4. The molecule has 0 spiro atoms. The molecule has 0 aromatic heterocycles. The van der Waals surface area contributed by atoms with Gasteiger partial charge >= 0.3 is 0 Å². The standard InChI is InChI=1S/C16H12ClFO2/c1-20-16-9-5-12(10-14(16)18)15(19)8-4-11-2-6-13(17)7-3-11/h2-10H,1H3. The van der Waals surface area contributed by atoms with Crippen molar-refractivity contribution in [1.82, 2.24) is 0 Å². The molecule has 0 aliphatic rings. The van der Waals surface area contributed by atoms with Gasteiger partial charge in [0, 0.05) is 10.6 Å². The zero-order valence-corrected chi connectivity index (χ0v) is 11.5. The lowest BCUT2D eigenvalue weighted by Gasteiger charge is -2.02. The molecule has 0 aliphatic carbocycles. The number of methoxy groups -OCH3 is 1. The first-order valence-corrected chi connectivity index (χ1v) is 6.29. The van der Waals surface area contributed by atoms with Crippen LogP contribution in [0.15, 0.2) is 48.5 Å². The summed E-state index contributed by atoms with van der Waals surface area (Å²) in [7, 11) is 1.38. The van der Waals surface area contributed by atoms with E-state index < -0.39 is 5.82 Å². The van der Waals surface area contributed by atoms with E-state index in [-0.39, 0.29) is 17.1 Å². The Morgan fingerprint density at radius 2 is 1.90 bits per heavy atom. The number of carbonyl (C=O) groups excluding carboxylic acids is 1.